The second kappa shape index (κ2) is 6.62. The van der Waals surface area contributed by atoms with Crippen LogP contribution in [-0.4, -0.2) is 34.2 Å². The lowest BCUT2D eigenvalue weighted by Crippen LogP contribution is -2.19. The van der Waals surface area contributed by atoms with Crippen molar-refractivity contribution in [2.75, 3.05) is 24.8 Å². The Bertz CT molecular complexity index is 995. The van der Waals surface area contributed by atoms with Gasteiger partial charge in [-0.15, -0.1) is 0 Å². The predicted octanol–water partition coefficient (Wildman–Crippen LogP) is 2.87. The van der Waals surface area contributed by atoms with Gasteiger partial charge < -0.3 is 20.4 Å². The number of alkyl halides is 1. The molecule has 27 heavy (non-hydrogen) atoms. The Labute approximate surface area is 155 Å². The molecule has 1 aliphatic rings. The van der Waals surface area contributed by atoms with Crippen molar-refractivity contribution in [1.29, 1.82) is 0 Å². The van der Waals surface area contributed by atoms with Gasteiger partial charge in [0.25, 0.3) is 5.91 Å². The Morgan fingerprint density at radius 3 is 2.70 bits per heavy atom. The zero-order valence-electron chi connectivity index (χ0n) is 14.9. The van der Waals surface area contributed by atoms with Crippen LogP contribution >= 0.6 is 0 Å². The fourth-order valence-corrected chi connectivity index (χ4v) is 3.25. The van der Waals surface area contributed by atoms with Gasteiger partial charge in [-0.25, -0.2) is 14.4 Å². The molecule has 3 N–H and O–H groups in total. The summed E-state index contributed by atoms with van der Waals surface area (Å²) in [5, 5.41) is 3.30. The number of carbonyl (C=O) groups excluding carboxylic acids is 1. The zero-order chi connectivity index (χ0) is 19.0. The van der Waals surface area contributed by atoms with Gasteiger partial charge in [-0.3, -0.25) is 4.79 Å². The Morgan fingerprint density at radius 1 is 1.33 bits per heavy atom. The fourth-order valence-electron chi connectivity index (χ4n) is 3.25. The first-order valence-corrected chi connectivity index (χ1v) is 8.65. The average Bonchev–Trinajstić information content (AvgIpc) is 3.37. The number of benzene rings is 1. The number of hydrogen-bond acceptors (Lipinski definition) is 5. The monoisotopic (exact) mass is 369 g/mol. The highest BCUT2D eigenvalue weighted by Crippen LogP contribution is 2.46. The van der Waals surface area contributed by atoms with Gasteiger partial charge in [0.1, 0.15) is 24.5 Å². The van der Waals surface area contributed by atoms with E-state index in [4.69, 9.17) is 10.5 Å². The maximum Gasteiger partial charge on any atom is 0.258 e. The molecule has 1 aliphatic carbocycles. The fraction of sp³-hybridized carbons (Fsp3) is 0.316. The van der Waals surface area contributed by atoms with Crippen molar-refractivity contribution < 1.29 is 13.9 Å². The Balaban J connectivity index is 1.69. The first-order chi connectivity index (χ1) is 13.1. The van der Waals surface area contributed by atoms with E-state index in [-0.39, 0.29) is 11.7 Å². The minimum atomic E-state index is -0.626. The number of methoxy groups -OCH3 is 1. The van der Waals surface area contributed by atoms with Crippen LogP contribution in [0.4, 0.5) is 15.9 Å². The summed E-state index contributed by atoms with van der Waals surface area (Å²) in [5.41, 5.74) is 7.85. The highest BCUT2D eigenvalue weighted by atomic mass is 19.1. The molecule has 0 unspecified atom stereocenters. The third-order valence-electron chi connectivity index (χ3n) is 4.97. The Hall–Kier alpha value is -3.00. The summed E-state index contributed by atoms with van der Waals surface area (Å²) in [4.78, 5) is 21.1. The molecule has 7 nitrogen and oxygen atoms in total. The molecule has 1 fully saturated rings. The van der Waals surface area contributed by atoms with Crippen LogP contribution in [-0.2, 0) is 16.9 Å². The van der Waals surface area contributed by atoms with E-state index in [9.17, 15) is 9.18 Å². The quantitative estimate of drug-likeness (QED) is 0.697. The van der Waals surface area contributed by atoms with Crippen LogP contribution in [0, 0.1) is 0 Å². The number of anilines is 2. The van der Waals surface area contributed by atoms with Gasteiger partial charge in [-0.1, -0.05) is 12.1 Å². The van der Waals surface area contributed by atoms with Crippen molar-refractivity contribution in [3.63, 3.8) is 0 Å². The van der Waals surface area contributed by atoms with Gasteiger partial charge in [0.2, 0.25) is 0 Å². The molecule has 4 rings (SSSR count). The number of nitrogen functional groups attached to an aromatic ring is 1. The summed E-state index contributed by atoms with van der Waals surface area (Å²) >= 11 is 0. The van der Waals surface area contributed by atoms with Crippen LogP contribution in [0.25, 0.3) is 11.0 Å². The second-order valence-electron chi connectivity index (χ2n) is 6.81. The first kappa shape index (κ1) is 17.4. The molecule has 3 aromatic rings. The molecule has 140 valence electrons. The summed E-state index contributed by atoms with van der Waals surface area (Å²) in [7, 11) is 1.63. The zero-order valence-corrected chi connectivity index (χ0v) is 14.9. The van der Waals surface area contributed by atoms with Crippen molar-refractivity contribution in [3.05, 3.63) is 47.9 Å². The molecule has 0 saturated heterocycles. The summed E-state index contributed by atoms with van der Waals surface area (Å²) in [6.07, 6.45) is 4.38. The number of ether oxygens (including phenoxy) is 1. The molecular formula is C19H20FN5O2. The number of hydrogen-bond donors (Lipinski definition) is 2. The second-order valence-corrected chi connectivity index (χ2v) is 6.81. The SMILES string of the molecule is COCc1ccc(NC(=O)c2cn(C3(CF)CC3)c3ncnc(N)c23)cc1. The van der Waals surface area contributed by atoms with Gasteiger partial charge in [-0.05, 0) is 30.5 Å². The number of amides is 1. The van der Waals surface area contributed by atoms with Crippen LogP contribution in [0.2, 0.25) is 0 Å². The molecule has 1 amide bonds. The topological polar surface area (TPSA) is 95.1 Å². The molecule has 1 aromatic carbocycles. The van der Waals surface area contributed by atoms with E-state index >= 15 is 0 Å². The van der Waals surface area contributed by atoms with Gasteiger partial charge in [0, 0.05) is 19.0 Å². The number of nitrogens with zero attached hydrogens (tertiary/aromatic N) is 3. The van der Waals surface area contributed by atoms with Crippen molar-refractivity contribution in [2.24, 2.45) is 0 Å². The van der Waals surface area contributed by atoms with Gasteiger partial charge in [0.05, 0.1) is 23.1 Å². The molecule has 0 radical (unpaired) electrons. The van der Waals surface area contributed by atoms with E-state index in [0.29, 0.717) is 41.7 Å². The molecule has 2 aromatic heterocycles. The van der Waals surface area contributed by atoms with E-state index in [0.717, 1.165) is 5.56 Å². The van der Waals surface area contributed by atoms with Crippen LogP contribution in [0.3, 0.4) is 0 Å². The molecule has 0 spiro atoms. The predicted molar refractivity (Wildman–Crippen MR) is 100 cm³/mol. The summed E-state index contributed by atoms with van der Waals surface area (Å²) < 4.78 is 20.4. The lowest BCUT2D eigenvalue weighted by Gasteiger charge is -2.13. The van der Waals surface area contributed by atoms with E-state index < -0.39 is 12.2 Å². The molecule has 8 heteroatoms. The summed E-state index contributed by atoms with van der Waals surface area (Å²) in [6.45, 7) is -0.0103. The molecular weight excluding hydrogens is 349 g/mol. The first-order valence-electron chi connectivity index (χ1n) is 8.65. The number of nitrogens with two attached hydrogens (primary N) is 1. The smallest absolute Gasteiger partial charge is 0.258 e. The van der Waals surface area contributed by atoms with Crippen LogP contribution < -0.4 is 11.1 Å². The Morgan fingerprint density at radius 2 is 2.07 bits per heavy atom. The third kappa shape index (κ3) is 3.02. The normalized spacial score (nSPS) is 15.0. The standard InChI is InChI=1S/C19H20FN5O2/c1-27-9-12-2-4-13(5-3-12)24-18(26)14-8-25(19(10-20)6-7-19)17-15(14)16(21)22-11-23-17/h2-5,8,11H,6-7,9-10H2,1H3,(H,24,26)(H2,21,22,23). The van der Waals surface area contributed by atoms with Gasteiger partial charge in [0.15, 0.2) is 0 Å². The van der Waals surface area contributed by atoms with Crippen molar-refractivity contribution in [2.45, 2.75) is 25.0 Å². The number of halogens is 1. The number of rotatable bonds is 6. The van der Waals surface area contributed by atoms with Crippen molar-refractivity contribution >= 4 is 28.4 Å². The number of fused-ring (bicyclic) bond motifs is 1. The highest BCUT2D eigenvalue weighted by Gasteiger charge is 2.46. The lowest BCUT2D eigenvalue weighted by molar-refractivity contribution is 0.102. The van der Waals surface area contributed by atoms with Gasteiger partial charge in [-0.2, -0.15) is 0 Å². The number of nitrogens with one attached hydrogen (secondary N) is 1. The number of aromatic nitrogens is 3. The maximum absolute atomic E-state index is 13.6. The van der Waals surface area contributed by atoms with Crippen molar-refractivity contribution in [3.8, 4) is 0 Å². The van der Waals surface area contributed by atoms with Crippen LogP contribution in [0.1, 0.15) is 28.8 Å². The van der Waals surface area contributed by atoms with E-state index in [1.54, 1.807) is 30.0 Å². The van der Waals surface area contributed by atoms with E-state index in [1.807, 2.05) is 12.1 Å². The molecule has 0 aliphatic heterocycles. The van der Waals surface area contributed by atoms with E-state index in [1.165, 1.54) is 6.33 Å². The highest BCUT2D eigenvalue weighted by molar-refractivity contribution is 6.14. The van der Waals surface area contributed by atoms with E-state index in [2.05, 4.69) is 15.3 Å². The largest absolute Gasteiger partial charge is 0.383 e. The number of carbonyl (C=O) groups is 1. The maximum atomic E-state index is 13.6. The van der Waals surface area contributed by atoms with Crippen LogP contribution in [0.15, 0.2) is 36.8 Å². The molecule has 1 saturated carbocycles. The van der Waals surface area contributed by atoms with Crippen molar-refractivity contribution in [1.82, 2.24) is 14.5 Å². The summed E-state index contributed by atoms with van der Waals surface area (Å²) in [6, 6.07) is 7.36. The Kier molecular flexibility index (Phi) is 4.27. The molecule has 2 heterocycles. The molecule has 0 atom stereocenters. The average molecular weight is 369 g/mol. The minimum absolute atomic E-state index is 0.203. The lowest BCUT2D eigenvalue weighted by atomic mass is 10.2. The third-order valence-corrected chi connectivity index (χ3v) is 4.97. The minimum Gasteiger partial charge on any atom is -0.383 e. The summed E-state index contributed by atoms with van der Waals surface area (Å²) in [5.74, 6) is -0.136. The van der Waals surface area contributed by atoms with Gasteiger partial charge >= 0.3 is 0 Å². The molecule has 0 bridgehead atoms. The van der Waals surface area contributed by atoms with Crippen LogP contribution in [0.5, 0.6) is 0 Å².